The van der Waals surface area contributed by atoms with Crippen LogP contribution < -0.4 is 4.90 Å². The van der Waals surface area contributed by atoms with Gasteiger partial charge in [0.2, 0.25) is 0 Å². The molecule has 0 bridgehead atoms. The first-order valence-corrected chi connectivity index (χ1v) is 11.1. The van der Waals surface area contributed by atoms with Gasteiger partial charge in [0.1, 0.15) is 0 Å². The highest BCUT2D eigenvalue weighted by atomic mass is 16.5. The standard InChI is InChI=1S/C23H37N3O3/c1-18(2)24-11-13-26(14-12-24)23(28)19-8-9-21-20(17-19)22(27)7-5-4-6-10-25(21)15-16-29-3/h8-9,17-18,22,27H,4-7,10-16H2,1-3H3. The summed E-state index contributed by atoms with van der Waals surface area (Å²) < 4.78 is 5.29. The fourth-order valence-electron chi connectivity index (χ4n) is 4.39. The molecule has 1 amide bonds. The molecule has 0 spiro atoms. The van der Waals surface area contributed by atoms with Crippen LogP contribution in [0.4, 0.5) is 5.69 Å². The van der Waals surface area contributed by atoms with E-state index in [1.807, 2.05) is 23.1 Å². The molecule has 1 fully saturated rings. The summed E-state index contributed by atoms with van der Waals surface area (Å²) in [6.45, 7) is 10.2. The van der Waals surface area contributed by atoms with Crippen molar-refractivity contribution in [3.05, 3.63) is 29.3 Å². The molecule has 6 nitrogen and oxygen atoms in total. The molecule has 0 radical (unpaired) electrons. The number of carbonyl (C=O) groups is 1. The van der Waals surface area contributed by atoms with E-state index in [-0.39, 0.29) is 5.91 Å². The molecule has 1 N–H and O–H groups in total. The van der Waals surface area contributed by atoms with E-state index in [0.29, 0.717) is 18.2 Å². The maximum atomic E-state index is 13.1. The Balaban J connectivity index is 1.81. The molecule has 2 aliphatic heterocycles. The minimum atomic E-state index is -0.529. The van der Waals surface area contributed by atoms with Crippen molar-refractivity contribution in [2.24, 2.45) is 0 Å². The van der Waals surface area contributed by atoms with Crippen molar-refractivity contribution >= 4 is 11.6 Å². The third kappa shape index (κ3) is 5.50. The van der Waals surface area contributed by atoms with Gasteiger partial charge in [-0.05, 0) is 44.9 Å². The maximum Gasteiger partial charge on any atom is 0.253 e. The summed E-state index contributed by atoms with van der Waals surface area (Å²) >= 11 is 0. The first kappa shape index (κ1) is 22.1. The Morgan fingerprint density at radius 1 is 1.14 bits per heavy atom. The Kier molecular flexibility index (Phi) is 7.92. The minimum Gasteiger partial charge on any atom is -0.388 e. The molecule has 162 valence electrons. The monoisotopic (exact) mass is 403 g/mol. The van der Waals surface area contributed by atoms with Gasteiger partial charge in [-0.3, -0.25) is 9.69 Å². The van der Waals surface area contributed by atoms with E-state index >= 15 is 0 Å². The van der Waals surface area contributed by atoms with E-state index in [2.05, 4.69) is 23.6 Å². The number of fused-ring (bicyclic) bond motifs is 1. The summed E-state index contributed by atoms with van der Waals surface area (Å²) in [4.78, 5) is 19.8. The van der Waals surface area contributed by atoms with Crippen molar-refractivity contribution in [3.8, 4) is 0 Å². The molecule has 3 rings (SSSR count). The molecule has 1 atom stereocenters. The summed E-state index contributed by atoms with van der Waals surface area (Å²) in [6.07, 6.45) is 3.44. The number of hydrogen-bond acceptors (Lipinski definition) is 5. The summed E-state index contributed by atoms with van der Waals surface area (Å²) in [5.41, 5.74) is 2.61. The second-order valence-electron chi connectivity index (χ2n) is 8.54. The van der Waals surface area contributed by atoms with Gasteiger partial charge >= 0.3 is 0 Å². The quantitative estimate of drug-likeness (QED) is 0.819. The van der Waals surface area contributed by atoms with E-state index < -0.39 is 6.10 Å². The topological polar surface area (TPSA) is 56.3 Å². The van der Waals surface area contributed by atoms with Crippen LogP contribution in [0.25, 0.3) is 0 Å². The van der Waals surface area contributed by atoms with Gasteiger partial charge in [0.15, 0.2) is 0 Å². The normalized spacial score (nSPS) is 21.5. The summed E-state index contributed by atoms with van der Waals surface area (Å²) in [5, 5.41) is 10.9. The Morgan fingerprint density at radius 2 is 1.90 bits per heavy atom. The number of anilines is 1. The number of benzene rings is 1. The molecule has 1 saturated heterocycles. The van der Waals surface area contributed by atoms with Crippen molar-refractivity contribution in [1.82, 2.24) is 9.80 Å². The molecular weight excluding hydrogens is 366 g/mol. The number of carbonyl (C=O) groups excluding carboxylic acids is 1. The van der Waals surface area contributed by atoms with Gasteiger partial charge in [0.25, 0.3) is 5.91 Å². The minimum absolute atomic E-state index is 0.0757. The largest absolute Gasteiger partial charge is 0.388 e. The number of ether oxygens (including phenoxy) is 1. The molecule has 0 saturated carbocycles. The lowest BCUT2D eigenvalue weighted by molar-refractivity contribution is 0.0595. The number of methoxy groups -OCH3 is 1. The summed E-state index contributed by atoms with van der Waals surface area (Å²) in [6, 6.07) is 6.40. The van der Waals surface area contributed by atoms with Crippen LogP contribution in [0, 0.1) is 0 Å². The first-order chi connectivity index (χ1) is 14.0. The van der Waals surface area contributed by atoms with Crippen LogP contribution in [-0.4, -0.2) is 79.8 Å². The molecule has 0 aliphatic carbocycles. The fraction of sp³-hybridized carbons (Fsp3) is 0.696. The van der Waals surface area contributed by atoms with Crippen molar-refractivity contribution in [2.45, 2.75) is 51.7 Å². The van der Waals surface area contributed by atoms with E-state index in [9.17, 15) is 9.90 Å². The second-order valence-corrected chi connectivity index (χ2v) is 8.54. The number of hydrogen-bond donors (Lipinski definition) is 1. The predicted octanol–water partition coefficient (Wildman–Crippen LogP) is 2.91. The lowest BCUT2D eigenvalue weighted by atomic mass is 9.98. The second kappa shape index (κ2) is 10.4. The van der Waals surface area contributed by atoms with Gasteiger partial charge in [0.05, 0.1) is 12.7 Å². The Morgan fingerprint density at radius 3 is 2.59 bits per heavy atom. The molecule has 6 heteroatoms. The molecule has 2 heterocycles. The zero-order valence-electron chi connectivity index (χ0n) is 18.3. The number of piperazine rings is 1. The highest BCUT2D eigenvalue weighted by Crippen LogP contribution is 2.33. The van der Waals surface area contributed by atoms with Crippen molar-refractivity contribution in [1.29, 1.82) is 0 Å². The third-order valence-electron chi connectivity index (χ3n) is 6.28. The first-order valence-electron chi connectivity index (χ1n) is 11.1. The molecule has 0 aromatic heterocycles. The lowest BCUT2D eigenvalue weighted by Gasteiger charge is -2.37. The Labute approximate surface area is 175 Å². The summed E-state index contributed by atoms with van der Waals surface area (Å²) in [5.74, 6) is 0.0757. The van der Waals surface area contributed by atoms with Crippen molar-refractivity contribution < 1.29 is 14.6 Å². The number of nitrogens with zero attached hydrogens (tertiary/aromatic N) is 3. The van der Waals surface area contributed by atoms with Crippen molar-refractivity contribution in [2.75, 3.05) is 57.9 Å². The number of rotatable bonds is 5. The Hall–Kier alpha value is -1.63. The van der Waals surface area contributed by atoms with Crippen LogP contribution in [0.2, 0.25) is 0 Å². The van der Waals surface area contributed by atoms with Gasteiger partial charge in [-0.1, -0.05) is 12.8 Å². The van der Waals surface area contributed by atoms with E-state index in [1.54, 1.807) is 7.11 Å². The molecule has 1 unspecified atom stereocenters. The fourth-order valence-corrected chi connectivity index (χ4v) is 4.39. The molecule has 1 aromatic carbocycles. The SMILES string of the molecule is COCCN1CCCCCC(O)c2cc(C(=O)N3CCN(C(C)C)CC3)ccc21. The average molecular weight is 404 g/mol. The number of aliphatic hydroxyl groups excluding tert-OH is 1. The summed E-state index contributed by atoms with van der Waals surface area (Å²) in [7, 11) is 1.72. The van der Waals surface area contributed by atoms with Crippen LogP contribution in [-0.2, 0) is 4.74 Å². The highest BCUT2D eigenvalue weighted by Gasteiger charge is 2.26. The van der Waals surface area contributed by atoms with E-state index in [0.717, 1.165) is 76.2 Å². The van der Waals surface area contributed by atoms with Crippen LogP contribution in [0.1, 0.15) is 61.6 Å². The maximum absolute atomic E-state index is 13.1. The van der Waals surface area contributed by atoms with E-state index in [4.69, 9.17) is 4.74 Å². The number of amides is 1. The van der Waals surface area contributed by atoms with Gasteiger partial charge in [0, 0.05) is 69.2 Å². The van der Waals surface area contributed by atoms with E-state index in [1.165, 1.54) is 0 Å². The molecular formula is C23H37N3O3. The zero-order valence-corrected chi connectivity index (χ0v) is 18.3. The molecule has 29 heavy (non-hydrogen) atoms. The van der Waals surface area contributed by atoms with Crippen molar-refractivity contribution in [3.63, 3.8) is 0 Å². The predicted molar refractivity (Wildman–Crippen MR) is 117 cm³/mol. The highest BCUT2D eigenvalue weighted by molar-refractivity contribution is 5.95. The van der Waals surface area contributed by atoms with Gasteiger partial charge < -0.3 is 19.6 Å². The van der Waals surface area contributed by atoms with Gasteiger partial charge in [-0.25, -0.2) is 0 Å². The number of aliphatic hydroxyl groups is 1. The molecule has 1 aromatic rings. The molecule has 2 aliphatic rings. The van der Waals surface area contributed by atoms with Crippen LogP contribution in [0.3, 0.4) is 0 Å². The van der Waals surface area contributed by atoms with Crippen LogP contribution in [0.15, 0.2) is 18.2 Å². The van der Waals surface area contributed by atoms with Gasteiger partial charge in [-0.2, -0.15) is 0 Å². The zero-order chi connectivity index (χ0) is 20.8. The van der Waals surface area contributed by atoms with Crippen LogP contribution >= 0.6 is 0 Å². The smallest absolute Gasteiger partial charge is 0.253 e. The van der Waals surface area contributed by atoms with Gasteiger partial charge in [-0.15, -0.1) is 0 Å². The average Bonchev–Trinajstić information content (AvgIpc) is 2.81. The van der Waals surface area contributed by atoms with Crippen LogP contribution in [0.5, 0.6) is 0 Å². The Bertz CT molecular complexity index is 671. The lowest BCUT2D eigenvalue weighted by Crippen LogP contribution is -2.50. The third-order valence-corrected chi connectivity index (χ3v) is 6.28.